The Balaban J connectivity index is 1.97. The van der Waals surface area contributed by atoms with Gasteiger partial charge in [-0.25, -0.2) is 0 Å². The molecule has 0 N–H and O–H groups in total. The van der Waals surface area contributed by atoms with E-state index in [0.29, 0.717) is 11.8 Å². The van der Waals surface area contributed by atoms with Gasteiger partial charge in [-0.1, -0.05) is 38.1 Å². The van der Waals surface area contributed by atoms with Crippen LogP contribution in [0.15, 0.2) is 24.3 Å². The monoisotopic (exact) mass is 266 g/mol. The van der Waals surface area contributed by atoms with Crippen LogP contribution >= 0.6 is 23.2 Å². The molecule has 4 rings (SSSR count). The summed E-state index contributed by atoms with van der Waals surface area (Å²) in [5.74, 6) is 1.15. The summed E-state index contributed by atoms with van der Waals surface area (Å²) in [6.07, 6.45) is 2.51. The molecule has 3 aliphatic carbocycles. The zero-order chi connectivity index (χ0) is 12.1. The van der Waals surface area contributed by atoms with Gasteiger partial charge in [0.25, 0.3) is 0 Å². The van der Waals surface area contributed by atoms with E-state index in [0.717, 1.165) is 0 Å². The van der Waals surface area contributed by atoms with Gasteiger partial charge in [0.1, 0.15) is 4.33 Å². The van der Waals surface area contributed by atoms with Gasteiger partial charge in [0.05, 0.1) is 0 Å². The molecule has 0 radical (unpaired) electrons. The molecule has 17 heavy (non-hydrogen) atoms. The molecule has 1 spiro atoms. The Morgan fingerprint density at radius 3 is 1.76 bits per heavy atom. The molecule has 2 fully saturated rings. The Kier molecular flexibility index (Phi) is 1.70. The highest BCUT2D eigenvalue weighted by Crippen LogP contribution is 2.91. The Morgan fingerprint density at radius 2 is 1.41 bits per heavy atom. The van der Waals surface area contributed by atoms with Crippen molar-refractivity contribution in [3.63, 3.8) is 0 Å². The summed E-state index contributed by atoms with van der Waals surface area (Å²) in [6.45, 7) is 4.48. The standard InChI is InChI=1S/C15H16Cl2/c1-13(2)14(15(13,16)17)11-7-8-12(14)10-6-4-3-5-9(10)11/h3-6,11-12H,7-8H2,1-2H3/t11-,12-/m0/s1. The number of fused-ring (bicyclic) bond motifs is 3. The van der Waals surface area contributed by atoms with Crippen LogP contribution in [0.3, 0.4) is 0 Å². The second kappa shape index (κ2) is 2.70. The van der Waals surface area contributed by atoms with E-state index in [4.69, 9.17) is 23.2 Å². The molecule has 2 bridgehead atoms. The Bertz CT molecular complexity index is 468. The SMILES string of the molecule is CC1(C)C(Cl)(Cl)C12[C@H]1CC[C@H]2c2ccccc21. The molecule has 0 saturated heterocycles. The smallest absolute Gasteiger partial charge is 0.100 e. The lowest BCUT2D eigenvalue weighted by atomic mass is 9.84. The van der Waals surface area contributed by atoms with Crippen LogP contribution in [0.1, 0.15) is 49.7 Å². The van der Waals surface area contributed by atoms with Gasteiger partial charge in [-0.15, -0.1) is 23.2 Å². The summed E-state index contributed by atoms with van der Waals surface area (Å²) >= 11 is 13.4. The number of hydrogen-bond acceptors (Lipinski definition) is 0. The average Bonchev–Trinajstić information content (AvgIpc) is 2.70. The summed E-state index contributed by atoms with van der Waals surface area (Å²) in [6, 6.07) is 8.85. The molecule has 0 aromatic heterocycles. The number of rotatable bonds is 0. The molecule has 2 atom stereocenters. The molecule has 90 valence electrons. The molecule has 0 nitrogen and oxygen atoms in total. The predicted molar refractivity (Wildman–Crippen MR) is 71.8 cm³/mol. The highest BCUT2D eigenvalue weighted by atomic mass is 35.5. The first-order valence-corrected chi connectivity index (χ1v) is 7.18. The van der Waals surface area contributed by atoms with Crippen LogP contribution in [0.5, 0.6) is 0 Å². The molecule has 0 unspecified atom stereocenters. The van der Waals surface area contributed by atoms with E-state index in [2.05, 4.69) is 38.1 Å². The van der Waals surface area contributed by atoms with Crippen molar-refractivity contribution in [3.05, 3.63) is 35.4 Å². The zero-order valence-electron chi connectivity index (χ0n) is 10.1. The van der Waals surface area contributed by atoms with Crippen molar-refractivity contribution in [3.8, 4) is 0 Å². The Morgan fingerprint density at radius 1 is 1.00 bits per heavy atom. The zero-order valence-corrected chi connectivity index (χ0v) is 11.6. The first kappa shape index (κ1) is 10.7. The van der Waals surface area contributed by atoms with Crippen LogP contribution in [0.2, 0.25) is 0 Å². The molecule has 3 aliphatic rings. The van der Waals surface area contributed by atoms with Gasteiger partial charge >= 0.3 is 0 Å². The van der Waals surface area contributed by atoms with Gasteiger partial charge in [0.2, 0.25) is 0 Å². The van der Waals surface area contributed by atoms with E-state index in [-0.39, 0.29) is 10.8 Å². The highest BCUT2D eigenvalue weighted by Gasteiger charge is 2.89. The molecule has 0 heterocycles. The van der Waals surface area contributed by atoms with Crippen LogP contribution in [-0.4, -0.2) is 4.33 Å². The molecular weight excluding hydrogens is 251 g/mol. The van der Waals surface area contributed by atoms with Gasteiger partial charge < -0.3 is 0 Å². The van der Waals surface area contributed by atoms with Crippen LogP contribution in [0, 0.1) is 10.8 Å². The molecule has 0 aliphatic heterocycles. The minimum atomic E-state index is -0.551. The van der Waals surface area contributed by atoms with E-state index >= 15 is 0 Å². The summed E-state index contributed by atoms with van der Waals surface area (Å²) < 4.78 is -0.551. The average molecular weight is 267 g/mol. The fourth-order valence-electron chi connectivity index (χ4n) is 5.12. The Labute approximate surface area is 112 Å². The van der Waals surface area contributed by atoms with Gasteiger partial charge in [0.15, 0.2) is 0 Å². The van der Waals surface area contributed by atoms with Crippen molar-refractivity contribution in [2.45, 2.75) is 42.9 Å². The Hall–Kier alpha value is -0.200. The first-order chi connectivity index (χ1) is 7.96. The normalized spacial score (nSPS) is 42.8. The third-order valence-corrected chi connectivity index (χ3v) is 7.44. The molecule has 1 aromatic rings. The maximum Gasteiger partial charge on any atom is 0.131 e. The van der Waals surface area contributed by atoms with Gasteiger partial charge in [0, 0.05) is 10.8 Å². The van der Waals surface area contributed by atoms with E-state index in [1.807, 2.05) is 0 Å². The second-order valence-electron chi connectivity index (χ2n) is 6.38. The first-order valence-electron chi connectivity index (χ1n) is 6.43. The van der Waals surface area contributed by atoms with E-state index < -0.39 is 4.33 Å². The number of hydrogen-bond donors (Lipinski definition) is 0. The minimum Gasteiger partial charge on any atom is -0.100 e. The minimum absolute atomic E-state index is 0.0357. The summed E-state index contributed by atoms with van der Waals surface area (Å²) in [4.78, 5) is 0. The van der Waals surface area contributed by atoms with Crippen molar-refractivity contribution in [1.82, 2.24) is 0 Å². The van der Waals surface area contributed by atoms with E-state index in [1.54, 1.807) is 0 Å². The topological polar surface area (TPSA) is 0 Å². The summed E-state index contributed by atoms with van der Waals surface area (Å²) in [7, 11) is 0. The summed E-state index contributed by atoms with van der Waals surface area (Å²) in [5.41, 5.74) is 3.17. The van der Waals surface area contributed by atoms with Crippen LogP contribution in [0.25, 0.3) is 0 Å². The third-order valence-electron chi connectivity index (χ3n) is 5.87. The van der Waals surface area contributed by atoms with Crippen molar-refractivity contribution in [2.24, 2.45) is 10.8 Å². The lowest BCUT2D eigenvalue weighted by Gasteiger charge is -2.19. The summed E-state index contributed by atoms with van der Waals surface area (Å²) in [5, 5.41) is 0. The van der Waals surface area contributed by atoms with Gasteiger partial charge in [-0.2, -0.15) is 0 Å². The lowest BCUT2D eigenvalue weighted by Crippen LogP contribution is -2.14. The van der Waals surface area contributed by atoms with E-state index in [1.165, 1.54) is 24.0 Å². The second-order valence-corrected chi connectivity index (χ2v) is 7.71. The fraction of sp³-hybridized carbons (Fsp3) is 0.600. The largest absolute Gasteiger partial charge is 0.131 e. The number of benzene rings is 1. The van der Waals surface area contributed by atoms with Crippen LogP contribution in [0.4, 0.5) is 0 Å². The fourth-order valence-corrected chi connectivity index (χ4v) is 6.34. The molecule has 1 aromatic carbocycles. The third kappa shape index (κ3) is 0.814. The number of halogens is 2. The van der Waals surface area contributed by atoms with Crippen molar-refractivity contribution in [2.75, 3.05) is 0 Å². The molecule has 2 heteroatoms. The lowest BCUT2D eigenvalue weighted by molar-refractivity contribution is 0.346. The molecule has 0 amide bonds. The highest BCUT2D eigenvalue weighted by molar-refractivity contribution is 6.52. The van der Waals surface area contributed by atoms with Crippen LogP contribution in [-0.2, 0) is 0 Å². The van der Waals surface area contributed by atoms with Gasteiger partial charge in [-0.3, -0.25) is 0 Å². The molecular formula is C15H16Cl2. The maximum atomic E-state index is 6.68. The van der Waals surface area contributed by atoms with Crippen LogP contribution < -0.4 is 0 Å². The molecule has 2 saturated carbocycles. The van der Waals surface area contributed by atoms with Crippen molar-refractivity contribution in [1.29, 1.82) is 0 Å². The predicted octanol–water partition coefficient (Wildman–Crippen LogP) is 4.86. The maximum absolute atomic E-state index is 6.68. The van der Waals surface area contributed by atoms with Crippen molar-refractivity contribution >= 4 is 23.2 Å². The van der Waals surface area contributed by atoms with E-state index in [9.17, 15) is 0 Å². The quantitative estimate of drug-likeness (QED) is 0.589. The van der Waals surface area contributed by atoms with Crippen molar-refractivity contribution < 1.29 is 0 Å². The number of alkyl halides is 2. The van der Waals surface area contributed by atoms with Gasteiger partial charge in [-0.05, 0) is 35.8 Å².